The summed E-state index contributed by atoms with van der Waals surface area (Å²) >= 11 is 0. The molecule has 0 spiro atoms. The maximum atomic E-state index is 12.6. The fraction of sp³-hybridized carbons (Fsp3) is 0.571. The predicted molar refractivity (Wildman–Crippen MR) is 66.6 cm³/mol. The van der Waals surface area contributed by atoms with E-state index < -0.39 is 11.7 Å². The van der Waals surface area contributed by atoms with Crippen molar-refractivity contribution in [3.05, 3.63) is 29.3 Å². The van der Waals surface area contributed by atoms with Gasteiger partial charge in [-0.3, -0.25) is 0 Å². The monoisotopic (exact) mass is 257 g/mol. The van der Waals surface area contributed by atoms with Gasteiger partial charge in [-0.05, 0) is 49.8 Å². The summed E-state index contributed by atoms with van der Waals surface area (Å²) < 4.78 is 37.9. The van der Waals surface area contributed by atoms with Gasteiger partial charge in [0.2, 0.25) is 0 Å². The minimum Gasteiger partial charge on any atom is -0.382 e. The molecule has 1 aliphatic carbocycles. The van der Waals surface area contributed by atoms with Crippen LogP contribution in [0, 0.1) is 12.8 Å². The lowest BCUT2D eigenvalue weighted by Gasteiger charge is -2.18. The zero-order valence-electron chi connectivity index (χ0n) is 10.6. The molecule has 0 aromatic heterocycles. The first kappa shape index (κ1) is 13.2. The van der Waals surface area contributed by atoms with Crippen LogP contribution >= 0.6 is 0 Å². The molecule has 0 heterocycles. The molecule has 0 radical (unpaired) electrons. The van der Waals surface area contributed by atoms with Crippen LogP contribution in [0.5, 0.6) is 0 Å². The summed E-state index contributed by atoms with van der Waals surface area (Å²) in [5, 5.41) is 3.25. The number of alkyl halides is 3. The van der Waals surface area contributed by atoms with Crippen LogP contribution in [0.1, 0.15) is 37.3 Å². The minimum absolute atomic E-state index is 0.308. The highest BCUT2D eigenvalue weighted by Gasteiger charge is 2.31. The Labute approximate surface area is 105 Å². The van der Waals surface area contributed by atoms with Crippen molar-refractivity contribution in [2.24, 2.45) is 5.92 Å². The molecule has 1 aromatic carbocycles. The topological polar surface area (TPSA) is 12.0 Å². The minimum atomic E-state index is -4.27. The van der Waals surface area contributed by atoms with Crippen LogP contribution < -0.4 is 5.32 Å². The van der Waals surface area contributed by atoms with Gasteiger partial charge in [0.1, 0.15) is 0 Å². The molecule has 1 saturated carbocycles. The zero-order chi connectivity index (χ0) is 13.3. The van der Waals surface area contributed by atoms with Gasteiger partial charge in [0, 0.05) is 11.7 Å². The highest BCUT2D eigenvalue weighted by molar-refractivity contribution is 5.54. The Morgan fingerprint density at radius 1 is 1.22 bits per heavy atom. The predicted octanol–water partition coefficient (Wildman–Crippen LogP) is 4.61. The van der Waals surface area contributed by atoms with E-state index in [1.807, 2.05) is 6.92 Å². The maximum absolute atomic E-state index is 12.6. The lowest BCUT2D eigenvalue weighted by Crippen LogP contribution is -2.17. The lowest BCUT2D eigenvalue weighted by atomic mass is 10.1. The van der Waals surface area contributed by atoms with Crippen LogP contribution in [-0.2, 0) is 6.18 Å². The van der Waals surface area contributed by atoms with E-state index in [9.17, 15) is 13.2 Å². The van der Waals surface area contributed by atoms with Crippen LogP contribution in [0.15, 0.2) is 18.2 Å². The van der Waals surface area contributed by atoms with Crippen molar-refractivity contribution >= 4 is 5.69 Å². The van der Waals surface area contributed by atoms with E-state index in [4.69, 9.17) is 0 Å². The number of aryl methyl sites for hydroxylation is 1. The van der Waals surface area contributed by atoms with Gasteiger partial charge >= 0.3 is 6.18 Å². The number of hydrogen-bond acceptors (Lipinski definition) is 1. The molecule has 2 atom stereocenters. The lowest BCUT2D eigenvalue weighted by molar-refractivity contribution is -0.137. The average Bonchev–Trinajstić information content (AvgIpc) is 2.66. The molecule has 2 rings (SSSR count). The number of anilines is 1. The molecular formula is C14H18F3N. The van der Waals surface area contributed by atoms with E-state index in [0.717, 1.165) is 30.9 Å². The van der Waals surface area contributed by atoms with E-state index in [1.165, 1.54) is 12.1 Å². The molecule has 0 aliphatic heterocycles. The fourth-order valence-electron chi connectivity index (χ4n) is 2.51. The van der Waals surface area contributed by atoms with Crippen LogP contribution in [0.4, 0.5) is 18.9 Å². The molecular weight excluding hydrogens is 239 g/mol. The van der Waals surface area contributed by atoms with Gasteiger partial charge < -0.3 is 5.32 Å². The highest BCUT2D eigenvalue weighted by Crippen LogP contribution is 2.34. The Kier molecular flexibility index (Phi) is 3.55. The highest BCUT2D eigenvalue weighted by atomic mass is 19.4. The van der Waals surface area contributed by atoms with Crippen LogP contribution in [-0.4, -0.2) is 6.04 Å². The Hall–Kier alpha value is -1.19. The smallest absolute Gasteiger partial charge is 0.382 e. The molecule has 1 N–H and O–H groups in total. The van der Waals surface area contributed by atoms with Gasteiger partial charge in [-0.1, -0.05) is 13.0 Å². The third-order valence-electron chi connectivity index (χ3n) is 3.62. The van der Waals surface area contributed by atoms with Crippen molar-refractivity contribution in [2.45, 2.75) is 45.3 Å². The quantitative estimate of drug-likeness (QED) is 0.815. The third-order valence-corrected chi connectivity index (χ3v) is 3.62. The summed E-state index contributed by atoms with van der Waals surface area (Å²) in [5.74, 6) is 0.661. The Balaban J connectivity index is 2.16. The first-order valence-electron chi connectivity index (χ1n) is 6.30. The van der Waals surface area contributed by atoms with Gasteiger partial charge in [-0.15, -0.1) is 0 Å². The molecule has 0 saturated heterocycles. The fourth-order valence-corrected chi connectivity index (χ4v) is 2.51. The molecule has 0 amide bonds. The summed E-state index contributed by atoms with van der Waals surface area (Å²) in [4.78, 5) is 0. The first-order chi connectivity index (χ1) is 8.36. The summed E-state index contributed by atoms with van der Waals surface area (Å²) in [6, 6.07) is 4.20. The SMILES string of the molecule is Cc1ccc(C(F)(F)F)cc1NC1CCC(C)C1. The van der Waals surface area contributed by atoms with E-state index in [1.54, 1.807) is 0 Å². The van der Waals surface area contributed by atoms with Gasteiger partial charge in [0.05, 0.1) is 5.56 Å². The van der Waals surface area contributed by atoms with Gasteiger partial charge in [-0.2, -0.15) is 13.2 Å². The van der Waals surface area contributed by atoms with Gasteiger partial charge in [0.15, 0.2) is 0 Å². The summed E-state index contributed by atoms with van der Waals surface area (Å²) in [6.07, 6.45) is -1.05. The largest absolute Gasteiger partial charge is 0.416 e. The molecule has 1 nitrogen and oxygen atoms in total. The zero-order valence-corrected chi connectivity index (χ0v) is 10.6. The standard InChI is InChI=1S/C14H18F3N/c1-9-3-6-12(7-9)18-13-8-11(14(15,16)17)5-4-10(13)2/h4-5,8-9,12,18H,3,6-7H2,1-2H3. The van der Waals surface area contributed by atoms with Crippen molar-refractivity contribution < 1.29 is 13.2 Å². The molecule has 100 valence electrons. The molecule has 0 bridgehead atoms. The van der Waals surface area contributed by atoms with Crippen LogP contribution in [0.3, 0.4) is 0 Å². The van der Waals surface area contributed by atoms with E-state index in [2.05, 4.69) is 12.2 Å². The average molecular weight is 257 g/mol. The summed E-state index contributed by atoms with van der Waals surface area (Å²) in [6.45, 7) is 4.02. The Bertz CT molecular complexity index is 426. The molecule has 1 aromatic rings. The second-order valence-corrected chi connectivity index (χ2v) is 5.29. The van der Waals surface area contributed by atoms with E-state index in [0.29, 0.717) is 17.6 Å². The van der Waals surface area contributed by atoms with Crippen LogP contribution in [0.2, 0.25) is 0 Å². The van der Waals surface area contributed by atoms with Crippen molar-refractivity contribution in [3.8, 4) is 0 Å². The molecule has 18 heavy (non-hydrogen) atoms. The number of nitrogens with one attached hydrogen (secondary N) is 1. The molecule has 4 heteroatoms. The second-order valence-electron chi connectivity index (χ2n) is 5.29. The van der Waals surface area contributed by atoms with Gasteiger partial charge in [-0.25, -0.2) is 0 Å². The summed E-state index contributed by atoms with van der Waals surface area (Å²) in [7, 11) is 0. The molecule has 1 aliphatic rings. The number of halogens is 3. The van der Waals surface area contributed by atoms with E-state index >= 15 is 0 Å². The number of hydrogen-bond donors (Lipinski definition) is 1. The van der Waals surface area contributed by atoms with Crippen molar-refractivity contribution in [1.29, 1.82) is 0 Å². The Morgan fingerprint density at radius 3 is 2.50 bits per heavy atom. The van der Waals surface area contributed by atoms with Gasteiger partial charge in [0.25, 0.3) is 0 Å². The van der Waals surface area contributed by atoms with Crippen LogP contribution in [0.25, 0.3) is 0 Å². The number of benzene rings is 1. The number of rotatable bonds is 2. The third kappa shape index (κ3) is 2.98. The second kappa shape index (κ2) is 4.82. The summed E-state index contributed by atoms with van der Waals surface area (Å²) in [5.41, 5.74) is 0.896. The molecule has 2 unspecified atom stereocenters. The van der Waals surface area contributed by atoms with Crippen molar-refractivity contribution in [1.82, 2.24) is 0 Å². The van der Waals surface area contributed by atoms with Crippen molar-refractivity contribution in [3.63, 3.8) is 0 Å². The van der Waals surface area contributed by atoms with E-state index in [-0.39, 0.29) is 0 Å². The normalized spacial score (nSPS) is 24.3. The Morgan fingerprint density at radius 2 is 1.94 bits per heavy atom. The molecule has 1 fully saturated rings. The maximum Gasteiger partial charge on any atom is 0.416 e. The first-order valence-corrected chi connectivity index (χ1v) is 6.30. The van der Waals surface area contributed by atoms with Crippen molar-refractivity contribution in [2.75, 3.05) is 5.32 Å².